The van der Waals surface area contributed by atoms with Gasteiger partial charge in [-0.15, -0.1) is 0 Å². The van der Waals surface area contributed by atoms with Gasteiger partial charge in [0.05, 0.1) is 4.92 Å². The second kappa shape index (κ2) is 8.64. The highest BCUT2D eigenvalue weighted by Crippen LogP contribution is 2.25. The number of piperazine rings is 1. The van der Waals surface area contributed by atoms with Crippen LogP contribution in [0.15, 0.2) is 60.0 Å². The normalized spacial score (nSPS) is 17.6. The summed E-state index contributed by atoms with van der Waals surface area (Å²) in [4.78, 5) is 12.7. The number of sulfonamides is 1. The van der Waals surface area contributed by atoms with Crippen LogP contribution in [0.2, 0.25) is 0 Å². The van der Waals surface area contributed by atoms with Gasteiger partial charge in [-0.3, -0.25) is 15.0 Å². The quantitative estimate of drug-likeness (QED) is 0.548. The molecule has 0 radical (unpaired) electrons. The van der Waals surface area contributed by atoms with Crippen LogP contribution in [0.1, 0.15) is 24.1 Å². The monoisotopic (exact) mass is 401 g/mol. The maximum absolute atomic E-state index is 12.6. The van der Waals surface area contributed by atoms with Gasteiger partial charge in [-0.1, -0.05) is 42.5 Å². The maximum atomic E-state index is 12.6. The van der Waals surface area contributed by atoms with E-state index in [1.165, 1.54) is 15.8 Å². The van der Waals surface area contributed by atoms with E-state index in [4.69, 9.17) is 0 Å². The lowest BCUT2D eigenvalue weighted by Gasteiger charge is -2.37. The summed E-state index contributed by atoms with van der Waals surface area (Å²) in [6.07, 6.45) is 1.60. The predicted molar refractivity (Wildman–Crippen MR) is 109 cm³/mol. The van der Waals surface area contributed by atoms with Crippen molar-refractivity contribution in [3.63, 3.8) is 0 Å². The van der Waals surface area contributed by atoms with Crippen molar-refractivity contribution >= 4 is 21.8 Å². The van der Waals surface area contributed by atoms with Gasteiger partial charge in [-0.2, -0.15) is 4.31 Å². The Kier molecular flexibility index (Phi) is 6.23. The van der Waals surface area contributed by atoms with Crippen LogP contribution in [-0.4, -0.2) is 48.7 Å². The Bertz CT molecular complexity index is 952. The molecule has 8 heteroatoms. The fourth-order valence-electron chi connectivity index (χ4n) is 3.27. The third-order valence-electron chi connectivity index (χ3n) is 4.98. The van der Waals surface area contributed by atoms with Gasteiger partial charge >= 0.3 is 0 Å². The van der Waals surface area contributed by atoms with Crippen LogP contribution in [0.4, 0.5) is 5.69 Å². The van der Waals surface area contributed by atoms with Crippen molar-refractivity contribution in [1.29, 1.82) is 0 Å². The number of hydrogen-bond acceptors (Lipinski definition) is 5. The Morgan fingerprint density at radius 3 is 2.36 bits per heavy atom. The summed E-state index contributed by atoms with van der Waals surface area (Å²) in [5, 5.41) is 12.2. The van der Waals surface area contributed by atoms with E-state index in [0.29, 0.717) is 26.2 Å². The number of nitrogens with zero attached hydrogens (tertiary/aromatic N) is 3. The summed E-state index contributed by atoms with van der Waals surface area (Å²) >= 11 is 0. The van der Waals surface area contributed by atoms with Crippen LogP contribution in [0.5, 0.6) is 0 Å². The molecule has 1 fully saturated rings. The lowest BCUT2D eigenvalue weighted by atomic mass is 10.1. The largest absolute Gasteiger partial charge is 0.294 e. The summed E-state index contributed by atoms with van der Waals surface area (Å²) in [6, 6.07) is 15.9. The molecule has 7 nitrogen and oxygen atoms in total. The second-order valence-corrected chi connectivity index (χ2v) is 8.54. The highest BCUT2D eigenvalue weighted by atomic mass is 32.2. The minimum Gasteiger partial charge on any atom is -0.294 e. The lowest BCUT2D eigenvalue weighted by Crippen LogP contribution is -2.48. The Morgan fingerprint density at radius 2 is 1.71 bits per heavy atom. The summed E-state index contributed by atoms with van der Waals surface area (Å²) in [7, 11) is -3.48. The Hall–Kier alpha value is -2.55. The highest BCUT2D eigenvalue weighted by Gasteiger charge is 2.28. The first-order valence-corrected chi connectivity index (χ1v) is 10.6. The maximum Gasteiger partial charge on any atom is 0.269 e. The van der Waals surface area contributed by atoms with Crippen molar-refractivity contribution < 1.29 is 13.3 Å². The molecule has 1 aliphatic heterocycles. The molecule has 1 atom stereocenters. The smallest absolute Gasteiger partial charge is 0.269 e. The molecular formula is C20H23N3O4S. The molecule has 0 bridgehead atoms. The van der Waals surface area contributed by atoms with Crippen molar-refractivity contribution in [3.8, 4) is 0 Å². The number of benzene rings is 2. The number of nitro groups is 1. The molecule has 2 aromatic carbocycles. The van der Waals surface area contributed by atoms with Crippen LogP contribution < -0.4 is 0 Å². The van der Waals surface area contributed by atoms with E-state index in [9.17, 15) is 18.5 Å². The van der Waals surface area contributed by atoms with Crippen LogP contribution in [0, 0.1) is 10.1 Å². The van der Waals surface area contributed by atoms with Crippen molar-refractivity contribution in [1.82, 2.24) is 9.21 Å². The van der Waals surface area contributed by atoms with Crippen LogP contribution >= 0.6 is 0 Å². The average Bonchev–Trinajstić information content (AvgIpc) is 2.73. The van der Waals surface area contributed by atoms with Gasteiger partial charge in [0.15, 0.2) is 0 Å². The first-order valence-electron chi connectivity index (χ1n) is 9.08. The summed E-state index contributed by atoms with van der Waals surface area (Å²) < 4.78 is 26.6. The third-order valence-corrected chi connectivity index (χ3v) is 6.54. The van der Waals surface area contributed by atoms with E-state index in [1.807, 2.05) is 43.3 Å². The molecule has 1 heterocycles. The van der Waals surface area contributed by atoms with Gasteiger partial charge in [0.1, 0.15) is 0 Å². The van der Waals surface area contributed by atoms with E-state index in [0.717, 1.165) is 11.1 Å². The van der Waals surface area contributed by atoms with Crippen LogP contribution in [0.3, 0.4) is 0 Å². The Labute approximate surface area is 165 Å². The molecule has 2 aromatic rings. The molecule has 0 saturated carbocycles. The van der Waals surface area contributed by atoms with Gasteiger partial charge in [0, 0.05) is 49.8 Å². The number of non-ortho nitro benzene ring substituents is 1. The van der Waals surface area contributed by atoms with Crippen molar-refractivity contribution in [2.75, 3.05) is 26.2 Å². The highest BCUT2D eigenvalue weighted by molar-refractivity contribution is 7.92. The zero-order chi connectivity index (χ0) is 20.1. The third kappa shape index (κ3) is 4.83. The Balaban J connectivity index is 1.63. The lowest BCUT2D eigenvalue weighted by molar-refractivity contribution is -0.385. The minimum atomic E-state index is -3.48. The molecule has 0 amide bonds. The summed E-state index contributed by atoms with van der Waals surface area (Å²) in [5.74, 6) is 0. The molecule has 0 spiro atoms. The van der Waals surface area contributed by atoms with Gasteiger partial charge < -0.3 is 0 Å². The van der Waals surface area contributed by atoms with E-state index in [-0.39, 0.29) is 11.7 Å². The van der Waals surface area contributed by atoms with Crippen molar-refractivity contribution in [2.45, 2.75) is 13.0 Å². The molecule has 0 N–H and O–H groups in total. The van der Waals surface area contributed by atoms with E-state index in [1.54, 1.807) is 18.2 Å². The Morgan fingerprint density at radius 1 is 1.04 bits per heavy atom. The number of nitro benzene ring substituents is 1. The molecular weight excluding hydrogens is 378 g/mol. The minimum absolute atomic E-state index is 0.0235. The van der Waals surface area contributed by atoms with Crippen LogP contribution in [0.25, 0.3) is 6.08 Å². The number of rotatable bonds is 6. The second-order valence-electron chi connectivity index (χ2n) is 6.72. The molecule has 28 heavy (non-hydrogen) atoms. The van der Waals surface area contributed by atoms with E-state index >= 15 is 0 Å². The standard InChI is InChI=1S/C20H23N3O4S/c1-17(19-8-5-9-20(16-19)23(24)25)21-11-13-22(14-12-21)28(26,27)15-10-18-6-3-2-4-7-18/h2-10,15-17H,11-14H2,1H3/b15-10+. The van der Waals surface area contributed by atoms with Gasteiger partial charge in [0.2, 0.25) is 10.0 Å². The summed E-state index contributed by atoms with van der Waals surface area (Å²) in [5.41, 5.74) is 1.76. The van der Waals surface area contributed by atoms with Gasteiger partial charge in [-0.25, -0.2) is 8.42 Å². The van der Waals surface area contributed by atoms with Gasteiger partial charge in [0.25, 0.3) is 5.69 Å². The summed E-state index contributed by atoms with van der Waals surface area (Å²) in [6.45, 7) is 3.91. The molecule has 148 valence electrons. The fourth-order valence-corrected chi connectivity index (χ4v) is 4.44. The van der Waals surface area contributed by atoms with Gasteiger partial charge in [-0.05, 0) is 24.1 Å². The van der Waals surface area contributed by atoms with E-state index < -0.39 is 14.9 Å². The fraction of sp³-hybridized carbons (Fsp3) is 0.300. The van der Waals surface area contributed by atoms with E-state index in [2.05, 4.69) is 4.90 Å². The SMILES string of the molecule is CC(c1cccc([N+](=O)[O-])c1)N1CCN(S(=O)(=O)/C=C/c2ccccc2)CC1. The van der Waals surface area contributed by atoms with Crippen LogP contribution in [-0.2, 0) is 10.0 Å². The molecule has 1 saturated heterocycles. The van der Waals surface area contributed by atoms with Crippen molar-refractivity contribution in [3.05, 3.63) is 81.2 Å². The van der Waals surface area contributed by atoms with Crippen molar-refractivity contribution in [2.24, 2.45) is 0 Å². The number of hydrogen-bond donors (Lipinski definition) is 0. The average molecular weight is 401 g/mol. The zero-order valence-electron chi connectivity index (χ0n) is 15.6. The molecule has 1 unspecified atom stereocenters. The first kappa shape index (κ1) is 20.2. The molecule has 0 aromatic heterocycles. The zero-order valence-corrected chi connectivity index (χ0v) is 16.5. The topological polar surface area (TPSA) is 83.8 Å². The molecule has 3 rings (SSSR count). The predicted octanol–water partition coefficient (Wildman–Crippen LogP) is 3.27. The molecule has 0 aliphatic carbocycles. The first-order chi connectivity index (χ1) is 13.4. The molecule has 1 aliphatic rings.